The van der Waals surface area contributed by atoms with Gasteiger partial charge in [0.2, 0.25) is 11.8 Å². The van der Waals surface area contributed by atoms with Crippen LogP contribution in [0, 0.1) is 0 Å². The second-order valence-corrected chi connectivity index (χ2v) is 20.2. The Hall–Kier alpha value is -7.72. The van der Waals surface area contributed by atoms with E-state index >= 15 is 0 Å². The van der Waals surface area contributed by atoms with Crippen molar-refractivity contribution in [1.29, 1.82) is 0 Å². The molecule has 2 aromatic heterocycles. The zero-order valence-corrected chi connectivity index (χ0v) is 43.5. The summed E-state index contributed by atoms with van der Waals surface area (Å²) in [5.74, 6) is -1.96. The minimum atomic E-state index is -1.09. The predicted octanol–water partition coefficient (Wildman–Crippen LogP) is 5.87. The normalized spacial score (nSPS) is 21.4. The third-order valence-electron chi connectivity index (χ3n) is 15.7. The largest absolute Gasteiger partial charge is 0.491 e. The number of piperidine rings is 1. The number of fused-ring (bicyclic) bond motifs is 14. The highest BCUT2D eigenvalue weighted by molar-refractivity contribution is 6.31. The van der Waals surface area contributed by atoms with Crippen molar-refractivity contribution in [1.82, 2.24) is 29.6 Å². The Balaban J connectivity index is 0.597. The molecule has 2 saturated heterocycles. The number of carbonyl (C=O) groups is 6. The van der Waals surface area contributed by atoms with Crippen LogP contribution in [0.4, 0.5) is 5.69 Å². The van der Waals surface area contributed by atoms with Gasteiger partial charge in [-0.05, 0) is 61.4 Å². The van der Waals surface area contributed by atoms with Crippen molar-refractivity contribution in [2.75, 3.05) is 85.5 Å². The molecule has 2 fully saturated rings. The number of methoxy groups -OCH3 is 1. The van der Waals surface area contributed by atoms with Crippen LogP contribution in [-0.4, -0.2) is 153 Å². The fourth-order valence-corrected chi connectivity index (χ4v) is 12.4. The number of hydrogen-bond donors (Lipinski definition) is 3. The van der Waals surface area contributed by atoms with Gasteiger partial charge in [-0.1, -0.05) is 48.5 Å². The molecule has 3 N–H and O–H groups in total. The Bertz CT molecular complexity index is 3590. The Morgan fingerprint density at radius 1 is 0.769 bits per heavy atom. The number of aromatic nitrogens is 2. The highest BCUT2D eigenvalue weighted by atomic mass is 16.6. The van der Waals surface area contributed by atoms with Crippen molar-refractivity contribution in [3.05, 3.63) is 119 Å². The van der Waals surface area contributed by atoms with Crippen molar-refractivity contribution in [2.45, 2.75) is 62.9 Å². The Morgan fingerprint density at radius 3 is 2.18 bits per heavy atom. The van der Waals surface area contributed by atoms with E-state index in [-0.39, 0.29) is 42.4 Å². The van der Waals surface area contributed by atoms with Gasteiger partial charge in [-0.3, -0.25) is 39.0 Å². The molecule has 0 radical (unpaired) electrons. The van der Waals surface area contributed by atoms with Gasteiger partial charge in [-0.2, -0.15) is 0 Å². The van der Waals surface area contributed by atoms with Crippen molar-refractivity contribution in [2.24, 2.45) is 0 Å². The third kappa shape index (κ3) is 8.54. The molecule has 20 nitrogen and oxygen atoms in total. The van der Waals surface area contributed by atoms with E-state index in [1.54, 1.807) is 48.4 Å². The fraction of sp³-hybridized carbons (Fsp3) is 0.379. The summed E-state index contributed by atoms with van der Waals surface area (Å²) in [5.41, 5.74) is 5.74. The summed E-state index contributed by atoms with van der Waals surface area (Å²) in [4.78, 5) is 81.6. The molecule has 5 aliphatic rings. The van der Waals surface area contributed by atoms with Crippen LogP contribution in [0.3, 0.4) is 0 Å². The number of imide groups is 2. The number of hydrogen-bond acceptors (Lipinski definition) is 14. The Labute approximate surface area is 447 Å². The van der Waals surface area contributed by atoms with E-state index in [1.807, 2.05) is 37.4 Å². The number of nitrogens with one attached hydrogen (secondary N) is 3. The summed E-state index contributed by atoms with van der Waals surface area (Å²) in [6.07, 6.45) is -0.561. The van der Waals surface area contributed by atoms with Gasteiger partial charge < -0.3 is 57.8 Å². The number of amides is 6. The lowest BCUT2D eigenvalue weighted by Gasteiger charge is -2.50. The molecule has 2 bridgehead atoms. The number of para-hydroxylation sites is 2. The van der Waals surface area contributed by atoms with Crippen LogP contribution >= 0.6 is 0 Å². The van der Waals surface area contributed by atoms with Crippen LogP contribution in [0.15, 0.2) is 91.0 Å². The molecule has 20 heteroatoms. The number of benzene rings is 5. The van der Waals surface area contributed by atoms with Crippen LogP contribution in [0.1, 0.15) is 79.4 Å². The number of carbonyl (C=O) groups excluding carboxylic acids is 6. The topological polar surface area (TPSA) is 219 Å². The van der Waals surface area contributed by atoms with Gasteiger partial charge >= 0.3 is 0 Å². The van der Waals surface area contributed by atoms with E-state index in [0.717, 1.165) is 54.1 Å². The van der Waals surface area contributed by atoms with Crippen LogP contribution in [0.25, 0.3) is 43.6 Å². The maximum atomic E-state index is 14.7. The summed E-state index contributed by atoms with van der Waals surface area (Å²) in [6, 6.07) is 27.0. The second-order valence-electron chi connectivity index (χ2n) is 20.2. The molecule has 7 heterocycles. The van der Waals surface area contributed by atoms with Gasteiger partial charge in [0.05, 0.1) is 97.7 Å². The third-order valence-corrected chi connectivity index (χ3v) is 15.7. The number of ether oxygens (including phenoxy) is 7. The standard InChI is InChI=1S/C58H59N7O13/c1-58-52(72-3)43(31-45(78-58)63-40-16-6-4-12-35(40)48-49-38(32-60-54(49)68)46-36-13-5-7-17-41(36)65(58)51(46)50(48)63)62(2)55(69)33-10-8-11-34(30-33)77-29-28-76-27-26-75-25-24-74-23-22-73-21-20-59-39-15-9-14-37-47(39)57(71)64(56(37)70)42-18-19-44(66)61-53(42)67/h4-17,30,42-43,45,52,59H,18-29,31-32H2,1-3H3,(H,60,68)(H,61,66,67)/t42?,43-,45-,52-,58+/m1/s1. The molecule has 0 spiro atoms. The van der Waals surface area contributed by atoms with Gasteiger partial charge in [-0.25, -0.2) is 0 Å². The lowest BCUT2D eigenvalue weighted by Crippen LogP contribution is -2.61. The highest BCUT2D eigenvalue weighted by Gasteiger charge is 2.55. The van der Waals surface area contributed by atoms with Crippen molar-refractivity contribution >= 4 is 84.7 Å². The molecule has 0 aliphatic carbocycles. The lowest BCUT2D eigenvalue weighted by molar-refractivity contribution is -0.264. The number of nitrogens with zero attached hydrogens (tertiary/aromatic N) is 4. The zero-order valence-electron chi connectivity index (χ0n) is 43.5. The number of likely N-dealkylation sites (N-methyl/N-ethyl adjacent to an activating group) is 1. The molecule has 12 rings (SSSR count). The van der Waals surface area contributed by atoms with Crippen molar-refractivity contribution < 1.29 is 61.9 Å². The summed E-state index contributed by atoms with van der Waals surface area (Å²) >= 11 is 0. The fourth-order valence-electron chi connectivity index (χ4n) is 12.4. The zero-order chi connectivity index (χ0) is 53.8. The molecule has 6 amide bonds. The maximum Gasteiger partial charge on any atom is 0.264 e. The molecule has 78 heavy (non-hydrogen) atoms. The summed E-state index contributed by atoms with van der Waals surface area (Å²) < 4.78 is 47.0. The van der Waals surface area contributed by atoms with E-state index < -0.39 is 53.8 Å². The monoisotopic (exact) mass is 1060 g/mol. The SMILES string of the molecule is CO[C@@H]1[C@H](N(C)C(=O)c2cccc(OCCOCCOCCOCCOCCNc3cccc4c3C(=O)N(C3CCC(=O)NC3=O)C4=O)c2)C[C@H]2O[C@]1(C)n1c3ccccc3c3c4c(c5c6ccccc6n2c5c31)C(=O)NC4. The van der Waals surface area contributed by atoms with Crippen molar-refractivity contribution in [3.8, 4) is 5.75 Å². The summed E-state index contributed by atoms with van der Waals surface area (Å²) in [5, 5.41) is 12.4. The molecule has 7 aromatic rings. The molecule has 5 atom stereocenters. The van der Waals surface area contributed by atoms with E-state index in [0.29, 0.717) is 94.9 Å². The van der Waals surface area contributed by atoms with Gasteiger partial charge in [0.25, 0.3) is 23.6 Å². The molecular formula is C58H59N7O13. The molecule has 1 unspecified atom stereocenters. The number of anilines is 1. The van der Waals surface area contributed by atoms with Crippen LogP contribution in [0.5, 0.6) is 5.75 Å². The van der Waals surface area contributed by atoms with Gasteiger partial charge in [0.15, 0.2) is 5.72 Å². The van der Waals surface area contributed by atoms with E-state index in [4.69, 9.17) is 33.2 Å². The molecular weight excluding hydrogens is 1000 g/mol. The van der Waals surface area contributed by atoms with Crippen LogP contribution < -0.4 is 20.7 Å². The average Bonchev–Trinajstić information content (AvgIpc) is 2.47. The van der Waals surface area contributed by atoms with E-state index in [1.165, 1.54) is 0 Å². The Morgan fingerprint density at radius 2 is 1.45 bits per heavy atom. The van der Waals surface area contributed by atoms with E-state index in [2.05, 4.69) is 56.3 Å². The highest BCUT2D eigenvalue weighted by Crippen LogP contribution is 2.54. The maximum absolute atomic E-state index is 14.7. The van der Waals surface area contributed by atoms with E-state index in [9.17, 15) is 28.8 Å². The van der Waals surface area contributed by atoms with Crippen LogP contribution in [-0.2, 0) is 50.3 Å². The molecule has 0 saturated carbocycles. The quantitative estimate of drug-likeness (QED) is 0.0567. The summed E-state index contributed by atoms with van der Waals surface area (Å²) in [6.45, 7) is 5.85. The van der Waals surface area contributed by atoms with Gasteiger partial charge in [-0.15, -0.1) is 0 Å². The average molecular weight is 1060 g/mol. The van der Waals surface area contributed by atoms with Gasteiger partial charge in [0, 0.05) is 72.9 Å². The first-order chi connectivity index (χ1) is 38.0. The van der Waals surface area contributed by atoms with Gasteiger partial charge in [0.1, 0.15) is 30.7 Å². The first-order valence-corrected chi connectivity index (χ1v) is 26.4. The second kappa shape index (κ2) is 20.9. The smallest absolute Gasteiger partial charge is 0.264 e. The van der Waals surface area contributed by atoms with Crippen molar-refractivity contribution in [3.63, 3.8) is 0 Å². The summed E-state index contributed by atoms with van der Waals surface area (Å²) in [7, 11) is 3.50. The number of rotatable bonds is 21. The Kier molecular flexibility index (Phi) is 13.7. The molecule has 5 aromatic carbocycles. The molecule has 5 aliphatic heterocycles. The van der Waals surface area contributed by atoms with Crippen LogP contribution in [0.2, 0.25) is 0 Å². The molecule has 404 valence electrons. The predicted molar refractivity (Wildman–Crippen MR) is 285 cm³/mol. The first kappa shape index (κ1) is 51.1. The minimum Gasteiger partial charge on any atom is -0.491 e. The lowest BCUT2D eigenvalue weighted by atomic mass is 9.91. The minimum absolute atomic E-state index is 0.0507. The first-order valence-electron chi connectivity index (χ1n) is 26.4.